The van der Waals surface area contributed by atoms with Gasteiger partial charge in [0.05, 0.1) is 6.61 Å². The Bertz CT molecular complexity index is 535. The third-order valence-corrected chi connectivity index (χ3v) is 2.46. The average molecular weight is 238 g/mol. The number of benzene rings is 2. The predicted molar refractivity (Wildman–Crippen MR) is 57.7 cm³/mol. The molecule has 0 aliphatic rings. The van der Waals surface area contributed by atoms with E-state index in [1.54, 1.807) is 24.3 Å². The van der Waals surface area contributed by atoms with Crippen molar-refractivity contribution in [3.05, 3.63) is 59.4 Å². The van der Waals surface area contributed by atoms with E-state index < -0.39 is 17.5 Å². The summed E-state index contributed by atoms with van der Waals surface area (Å²) >= 11 is 0. The highest BCUT2D eigenvalue weighted by Crippen LogP contribution is 2.25. The molecule has 0 bridgehead atoms. The molecule has 0 heterocycles. The number of hydrogen-bond acceptors (Lipinski definition) is 1. The highest BCUT2D eigenvalue weighted by Gasteiger charge is 2.11. The van der Waals surface area contributed by atoms with Crippen LogP contribution in [0, 0.1) is 17.5 Å². The van der Waals surface area contributed by atoms with Crippen LogP contribution in [0.3, 0.4) is 0 Å². The van der Waals surface area contributed by atoms with Crippen molar-refractivity contribution in [2.45, 2.75) is 6.61 Å². The number of aliphatic hydroxyl groups is 1. The third kappa shape index (κ3) is 2.31. The first-order valence-corrected chi connectivity index (χ1v) is 4.96. The summed E-state index contributed by atoms with van der Waals surface area (Å²) in [4.78, 5) is 0. The maximum absolute atomic E-state index is 13.4. The summed E-state index contributed by atoms with van der Waals surface area (Å²) < 4.78 is 39.2. The van der Waals surface area contributed by atoms with Crippen molar-refractivity contribution < 1.29 is 18.3 Å². The SMILES string of the molecule is OCc1ccc(-c2cc(F)c(F)cc2F)cc1. The van der Waals surface area contributed by atoms with E-state index in [0.29, 0.717) is 17.2 Å². The Morgan fingerprint density at radius 2 is 1.41 bits per heavy atom. The van der Waals surface area contributed by atoms with E-state index in [-0.39, 0.29) is 12.2 Å². The van der Waals surface area contributed by atoms with E-state index in [9.17, 15) is 13.2 Å². The Morgan fingerprint density at radius 1 is 0.824 bits per heavy atom. The summed E-state index contributed by atoms with van der Waals surface area (Å²) in [6, 6.07) is 7.61. The summed E-state index contributed by atoms with van der Waals surface area (Å²) in [5, 5.41) is 8.85. The summed E-state index contributed by atoms with van der Waals surface area (Å²) in [5.74, 6) is -3.12. The van der Waals surface area contributed by atoms with Crippen LogP contribution in [0.4, 0.5) is 13.2 Å². The molecule has 0 spiro atoms. The van der Waals surface area contributed by atoms with Crippen molar-refractivity contribution in [3.63, 3.8) is 0 Å². The van der Waals surface area contributed by atoms with E-state index in [1.807, 2.05) is 0 Å². The van der Waals surface area contributed by atoms with E-state index in [0.717, 1.165) is 6.07 Å². The number of halogens is 3. The zero-order valence-electron chi connectivity index (χ0n) is 8.75. The van der Waals surface area contributed by atoms with Gasteiger partial charge in [-0.2, -0.15) is 0 Å². The molecule has 0 aliphatic heterocycles. The van der Waals surface area contributed by atoms with Gasteiger partial charge in [-0.3, -0.25) is 0 Å². The van der Waals surface area contributed by atoms with Crippen molar-refractivity contribution in [1.29, 1.82) is 0 Å². The minimum absolute atomic E-state index is 0.00612. The summed E-state index contributed by atoms with van der Waals surface area (Å²) in [6.07, 6.45) is 0. The van der Waals surface area contributed by atoms with Crippen LogP contribution in [0.1, 0.15) is 5.56 Å². The Balaban J connectivity index is 2.48. The minimum Gasteiger partial charge on any atom is -0.392 e. The molecule has 0 aliphatic carbocycles. The zero-order chi connectivity index (χ0) is 12.4. The lowest BCUT2D eigenvalue weighted by molar-refractivity contribution is 0.282. The van der Waals surface area contributed by atoms with Gasteiger partial charge in [-0.05, 0) is 17.2 Å². The zero-order valence-corrected chi connectivity index (χ0v) is 8.75. The Hall–Kier alpha value is -1.81. The maximum Gasteiger partial charge on any atom is 0.161 e. The topological polar surface area (TPSA) is 20.2 Å². The highest BCUT2D eigenvalue weighted by molar-refractivity contribution is 5.64. The molecule has 0 unspecified atom stereocenters. The second kappa shape index (κ2) is 4.59. The smallest absolute Gasteiger partial charge is 0.161 e. The first-order valence-electron chi connectivity index (χ1n) is 4.96. The van der Waals surface area contributed by atoms with Crippen molar-refractivity contribution >= 4 is 0 Å². The molecular formula is C13H9F3O. The average Bonchev–Trinajstić information content (AvgIpc) is 2.34. The standard InChI is InChI=1S/C13H9F3O/c14-11-6-13(16)12(15)5-10(11)9-3-1-8(7-17)2-4-9/h1-6,17H,7H2. The second-order valence-corrected chi connectivity index (χ2v) is 3.60. The van der Waals surface area contributed by atoms with Crippen molar-refractivity contribution in [3.8, 4) is 11.1 Å². The molecule has 0 amide bonds. The van der Waals surface area contributed by atoms with Gasteiger partial charge in [-0.15, -0.1) is 0 Å². The molecule has 17 heavy (non-hydrogen) atoms. The van der Waals surface area contributed by atoms with Gasteiger partial charge in [-0.25, -0.2) is 13.2 Å². The lowest BCUT2D eigenvalue weighted by Crippen LogP contribution is -1.91. The minimum atomic E-state index is -1.21. The molecule has 1 N–H and O–H groups in total. The van der Waals surface area contributed by atoms with E-state index in [4.69, 9.17) is 5.11 Å². The van der Waals surface area contributed by atoms with Crippen molar-refractivity contribution in [2.75, 3.05) is 0 Å². The Labute approximate surface area is 96.1 Å². The molecule has 2 aromatic carbocycles. The predicted octanol–water partition coefficient (Wildman–Crippen LogP) is 3.26. The Kier molecular flexibility index (Phi) is 3.15. The van der Waals surface area contributed by atoms with Gasteiger partial charge >= 0.3 is 0 Å². The summed E-state index contributed by atoms with van der Waals surface area (Å²) in [7, 11) is 0. The van der Waals surface area contributed by atoms with Gasteiger partial charge in [0.2, 0.25) is 0 Å². The molecule has 0 aromatic heterocycles. The van der Waals surface area contributed by atoms with Gasteiger partial charge in [0.25, 0.3) is 0 Å². The van der Waals surface area contributed by atoms with Crippen molar-refractivity contribution in [1.82, 2.24) is 0 Å². The number of aliphatic hydroxyl groups excluding tert-OH is 1. The van der Waals surface area contributed by atoms with Crippen molar-refractivity contribution in [2.24, 2.45) is 0 Å². The fraction of sp³-hybridized carbons (Fsp3) is 0.0769. The quantitative estimate of drug-likeness (QED) is 0.796. The molecule has 2 rings (SSSR count). The van der Waals surface area contributed by atoms with Crippen LogP contribution in [-0.2, 0) is 6.61 Å². The summed E-state index contributed by atoms with van der Waals surface area (Å²) in [5.41, 5.74) is 1.09. The van der Waals surface area contributed by atoms with E-state index in [1.165, 1.54) is 0 Å². The lowest BCUT2D eigenvalue weighted by Gasteiger charge is -2.05. The van der Waals surface area contributed by atoms with Gasteiger partial charge < -0.3 is 5.11 Å². The van der Waals surface area contributed by atoms with Gasteiger partial charge in [0.15, 0.2) is 11.6 Å². The molecular weight excluding hydrogens is 229 g/mol. The van der Waals surface area contributed by atoms with Crippen LogP contribution in [0.15, 0.2) is 36.4 Å². The fourth-order valence-corrected chi connectivity index (χ4v) is 1.53. The monoisotopic (exact) mass is 238 g/mol. The highest BCUT2D eigenvalue weighted by atomic mass is 19.2. The normalized spacial score (nSPS) is 10.6. The molecule has 0 saturated heterocycles. The first-order chi connectivity index (χ1) is 8.11. The molecule has 0 fully saturated rings. The third-order valence-electron chi connectivity index (χ3n) is 2.46. The molecule has 0 atom stereocenters. The van der Waals surface area contributed by atoms with Crippen LogP contribution in [-0.4, -0.2) is 5.11 Å². The van der Waals surface area contributed by atoms with Crippen LogP contribution in [0.2, 0.25) is 0 Å². The maximum atomic E-state index is 13.4. The second-order valence-electron chi connectivity index (χ2n) is 3.60. The molecule has 1 nitrogen and oxygen atoms in total. The van der Waals surface area contributed by atoms with E-state index >= 15 is 0 Å². The Morgan fingerprint density at radius 3 is 2.00 bits per heavy atom. The molecule has 0 saturated carbocycles. The molecule has 88 valence electrons. The van der Waals surface area contributed by atoms with Crippen LogP contribution in [0.25, 0.3) is 11.1 Å². The van der Waals surface area contributed by atoms with Crippen LogP contribution >= 0.6 is 0 Å². The molecule has 0 radical (unpaired) electrons. The van der Waals surface area contributed by atoms with Crippen LogP contribution in [0.5, 0.6) is 0 Å². The van der Waals surface area contributed by atoms with Gasteiger partial charge in [0.1, 0.15) is 5.82 Å². The lowest BCUT2D eigenvalue weighted by atomic mass is 10.0. The molecule has 2 aromatic rings. The molecule has 4 heteroatoms. The van der Waals surface area contributed by atoms with Gasteiger partial charge in [-0.1, -0.05) is 24.3 Å². The van der Waals surface area contributed by atoms with Crippen LogP contribution < -0.4 is 0 Å². The fourth-order valence-electron chi connectivity index (χ4n) is 1.53. The van der Waals surface area contributed by atoms with Gasteiger partial charge in [0, 0.05) is 11.6 Å². The van der Waals surface area contributed by atoms with E-state index in [2.05, 4.69) is 0 Å². The summed E-state index contributed by atoms with van der Waals surface area (Å²) in [6.45, 7) is -0.124. The largest absolute Gasteiger partial charge is 0.392 e. The number of rotatable bonds is 2. The number of hydrogen-bond donors (Lipinski definition) is 1. The first kappa shape index (κ1) is 11.7.